The van der Waals surface area contributed by atoms with Crippen molar-refractivity contribution >= 4 is 34.0 Å². The molecule has 25 heavy (non-hydrogen) atoms. The summed E-state index contributed by atoms with van der Waals surface area (Å²) in [5.41, 5.74) is 2.42. The molecular weight excluding hydrogens is 334 g/mol. The molecule has 3 rings (SSSR count). The van der Waals surface area contributed by atoms with E-state index in [4.69, 9.17) is 0 Å². The number of aromatic nitrogens is 1. The number of fused-ring (bicyclic) bond motifs is 1. The summed E-state index contributed by atoms with van der Waals surface area (Å²) in [7, 11) is 0. The maximum atomic E-state index is 12.8. The molecular formula is C19H23N3O2S. The highest BCUT2D eigenvalue weighted by Gasteiger charge is 2.30. The Morgan fingerprint density at radius 3 is 2.76 bits per heavy atom. The van der Waals surface area contributed by atoms with E-state index in [1.54, 1.807) is 0 Å². The van der Waals surface area contributed by atoms with Crippen LogP contribution in [-0.2, 0) is 22.4 Å². The van der Waals surface area contributed by atoms with Crippen LogP contribution in [0.25, 0.3) is 0 Å². The summed E-state index contributed by atoms with van der Waals surface area (Å²) < 4.78 is 0. The Morgan fingerprint density at radius 2 is 2.04 bits per heavy atom. The second-order valence-electron chi connectivity index (χ2n) is 7.47. The van der Waals surface area contributed by atoms with Crippen molar-refractivity contribution in [1.29, 1.82) is 0 Å². The average molecular weight is 357 g/mol. The zero-order valence-corrected chi connectivity index (χ0v) is 15.8. The summed E-state index contributed by atoms with van der Waals surface area (Å²) in [6.07, 6.45) is 1.12. The van der Waals surface area contributed by atoms with E-state index in [1.165, 1.54) is 16.9 Å². The number of para-hydroxylation sites is 1. The van der Waals surface area contributed by atoms with Crippen molar-refractivity contribution in [3.8, 4) is 0 Å². The van der Waals surface area contributed by atoms with Gasteiger partial charge >= 0.3 is 0 Å². The maximum absolute atomic E-state index is 12.8. The Balaban J connectivity index is 1.69. The summed E-state index contributed by atoms with van der Waals surface area (Å²) in [4.78, 5) is 31.1. The Labute approximate surface area is 152 Å². The largest absolute Gasteiger partial charge is 0.309 e. The van der Waals surface area contributed by atoms with Gasteiger partial charge < -0.3 is 10.2 Å². The number of hydrogen-bond donors (Lipinski definition) is 1. The molecule has 1 unspecified atom stereocenters. The topological polar surface area (TPSA) is 62.3 Å². The zero-order chi connectivity index (χ0) is 18.2. The highest BCUT2D eigenvalue weighted by molar-refractivity contribution is 7.13. The van der Waals surface area contributed by atoms with Crippen LogP contribution in [0.2, 0.25) is 0 Å². The number of carbonyl (C=O) groups is 2. The Bertz CT molecular complexity index is 807. The Hall–Kier alpha value is -2.21. The molecule has 0 saturated heterocycles. The zero-order valence-electron chi connectivity index (χ0n) is 15.0. The van der Waals surface area contributed by atoms with E-state index in [2.05, 4.69) is 23.3 Å². The summed E-state index contributed by atoms with van der Waals surface area (Å²) in [6, 6.07) is 8.18. The molecule has 132 valence electrons. The lowest BCUT2D eigenvalue weighted by Crippen LogP contribution is -2.36. The average Bonchev–Trinajstić information content (AvgIpc) is 3.09. The third-order valence-electron chi connectivity index (χ3n) is 4.26. The van der Waals surface area contributed by atoms with Crippen LogP contribution >= 0.6 is 11.3 Å². The first-order valence-electron chi connectivity index (χ1n) is 8.41. The number of nitrogens with zero attached hydrogens (tertiary/aromatic N) is 2. The fraction of sp³-hybridized carbons (Fsp3) is 0.421. The third kappa shape index (κ3) is 3.74. The van der Waals surface area contributed by atoms with Crippen molar-refractivity contribution in [2.45, 2.75) is 46.6 Å². The van der Waals surface area contributed by atoms with E-state index in [1.807, 2.05) is 49.3 Å². The van der Waals surface area contributed by atoms with E-state index in [9.17, 15) is 9.59 Å². The lowest BCUT2D eigenvalue weighted by Gasteiger charge is -2.22. The van der Waals surface area contributed by atoms with Gasteiger partial charge in [-0.1, -0.05) is 39.0 Å². The summed E-state index contributed by atoms with van der Waals surface area (Å²) in [6.45, 7) is 7.62. The van der Waals surface area contributed by atoms with Crippen molar-refractivity contribution in [3.05, 3.63) is 40.9 Å². The van der Waals surface area contributed by atoms with Crippen LogP contribution in [0.5, 0.6) is 0 Å². The van der Waals surface area contributed by atoms with Gasteiger partial charge in [-0.2, -0.15) is 0 Å². The van der Waals surface area contributed by atoms with Gasteiger partial charge in [0.25, 0.3) is 0 Å². The smallest absolute Gasteiger partial charge is 0.233 e. The normalized spacial score (nSPS) is 16.6. The monoisotopic (exact) mass is 357 g/mol. The van der Waals surface area contributed by atoms with Gasteiger partial charge in [-0.05, 0) is 25.0 Å². The van der Waals surface area contributed by atoms with E-state index >= 15 is 0 Å². The van der Waals surface area contributed by atoms with Crippen molar-refractivity contribution in [2.75, 3.05) is 10.2 Å². The molecule has 2 aromatic rings. The number of amides is 2. The third-order valence-corrected chi connectivity index (χ3v) is 5.07. The molecule has 1 aliphatic rings. The summed E-state index contributed by atoms with van der Waals surface area (Å²) >= 11 is 1.35. The van der Waals surface area contributed by atoms with E-state index in [-0.39, 0.29) is 24.3 Å². The van der Waals surface area contributed by atoms with Crippen LogP contribution in [0, 0.1) is 5.41 Å². The van der Waals surface area contributed by atoms with Crippen LogP contribution in [0.3, 0.4) is 0 Å². The second-order valence-corrected chi connectivity index (χ2v) is 8.33. The minimum atomic E-state index is -0.476. The van der Waals surface area contributed by atoms with Crippen molar-refractivity contribution in [1.82, 2.24) is 4.98 Å². The van der Waals surface area contributed by atoms with Crippen LogP contribution in [0.4, 0.5) is 10.8 Å². The number of rotatable bonds is 3. The number of nitrogens with one attached hydrogen (secondary N) is 1. The predicted molar refractivity (Wildman–Crippen MR) is 101 cm³/mol. The molecule has 0 spiro atoms. The standard InChI is InChI=1S/C19H23N3O2S/c1-12-9-13-7-5-6-8-15(13)22(12)16(23)10-14-11-25-18(20-14)21-17(24)19(2,3)4/h5-8,11-12H,9-10H2,1-4H3,(H,20,21,24). The summed E-state index contributed by atoms with van der Waals surface area (Å²) in [5.74, 6) is -0.0433. The number of carbonyl (C=O) groups excluding carboxylic acids is 2. The van der Waals surface area contributed by atoms with Crippen molar-refractivity contribution < 1.29 is 9.59 Å². The van der Waals surface area contributed by atoms with E-state index in [0.29, 0.717) is 10.8 Å². The molecule has 1 aliphatic heterocycles. The molecule has 0 aliphatic carbocycles. The van der Waals surface area contributed by atoms with Gasteiger partial charge in [0.1, 0.15) is 0 Å². The molecule has 1 aromatic carbocycles. The molecule has 1 atom stereocenters. The number of hydrogen-bond acceptors (Lipinski definition) is 4. The molecule has 1 aromatic heterocycles. The fourth-order valence-corrected chi connectivity index (χ4v) is 3.62. The number of thiazole rings is 1. The highest BCUT2D eigenvalue weighted by Crippen LogP contribution is 2.32. The van der Waals surface area contributed by atoms with E-state index < -0.39 is 5.41 Å². The molecule has 2 heterocycles. The van der Waals surface area contributed by atoms with Crippen molar-refractivity contribution in [3.63, 3.8) is 0 Å². The minimum absolute atomic E-state index is 0.0384. The molecule has 0 fully saturated rings. The van der Waals surface area contributed by atoms with Gasteiger partial charge in [0.05, 0.1) is 12.1 Å². The molecule has 5 nitrogen and oxygen atoms in total. The predicted octanol–water partition coefficient (Wildman–Crippen LogP) is 3.65. The SMILES string of the molecule is CC1Cc2ccccc2N1C(=O)Cc1csc(NC(=O)C(C)(C)C)n1. The quantitative estimate of drug-likeness (QED) is 0.912. The molecule has 0 saturated carbocycles. The van der Waals surface area contributed by atoms with Crippen LogP contribution in [0.15, 0.2) is 29.6 Å². The molecule has 6 heteroatoms. The van der Waals surface area contributed by atoms with E-state index in [0.717, 1.165) is 12.1 Å². The van der Waals surface area contributed by atoms with Gasteiger partial charge in [-0.15, -0.1) is 11.3 Å². The first-order valence-corrected chi connectivity index (χ1v) is 9.29. The van der Waals surface area contributed by atoms with Crippen LogP contribution < -0.4 is 10.2 Å². The maximum Gasteiger partial charge on any atom is 0.233 e. The lowest BCUT2D eigenvalue weighted by molar-refractivity contribution is -0.123. The number of benzene rings is 1. The van der Waals surface area contributed by atoms with Gasteiger partial charge in [0.2, 0.25) is 11.8 Å². The number of anilines is 2. The minimum Gasteiger partial charge on any atom is -0.309 e. The molecule has 0 radical (unpaired) electrons. The van der Waals surface area contributed by atoms with Gasteiger partial charge in [0, 0.05) is 22.5 Å². The first-order chi connectivity index (χ1) is 11.8. The fourth-order valence-electron chi connectivity index (χ4n) is 2.92. The second kappa shape index (κ2) is 6.59. The van der Waals surface area contributed by atoms with Gasteiger partial charge in [0.15, 0.2) is 5.13 Å². The van der Waals surface area contributed by atoms with Gasteiger partial charge in [-0.3, -0.25) is 9.59 Å². The molecule has 2 amide bonds. The van der Waals surface area contributed by atoms with Gasteiger partial charge in [-0.25, -0.2) is 4.98 Å². The Kier molecular flexibility index (Phi) is 4.64. The Morgan fingerprint density at radius 1 is 1.32 bits per heavy atom. The molecule has 0 bridgehead atoms. The van der Waals surface area contributed by atoms with Crippen LogP contribution in [0.1, 0.15) is 39.0 Å². The highest BCUT2D eigenvalue weighted by atomic mass is 32.1. The lowest BCUT2D eigenvalue weighted by atomic mass is 9.96. The van der Waals surface area contributed by atoms with Crippen molar-refractivity contribution in [2.24, 2.45) is 5.41 Å². The molecule has 1 N–H and O–H groups in total. The first kappa shape index (κ1) is 17.6. The summed E-state index contributed by atoms with van der Waals surface area (Å²) in [5, 5.41) is 5.19. The van der Waals surface area contributed by atoms with Crippen LogP contribution in [-0.4, -0.2) is 22.8 Å².